The van der Waals surface area contributed by atoms with Crippen LogP contribution in [0, 0.1) is 0 Å². The van der Waals surface area contributed by atoms with E-state index in [4.69, 9.17) is 0 Å². The molecule has 1 aromatic rings. The highest BCUT2D eigenvalue weighted by molar-refractivity contribution is 7.89. The van der Waals surface area contributed by atoms with Crippen molar-refractivity contribution >= 4 is 21.6 Å². The first kappa shape index (κ1) is 17.9. The summed E-state index contributed by atoms with van der Waals surface area (Å²) in [6, 6.07) is 7.88. The first-order chi connectivity index (χ1) is 12.5. The predicted octanol–water partition coefficient (Wildman–Crippen LogP) is 1.46. The van der Waals surface area contributed by atoms with Gasteiger partial charge in [-0.1, -0.05) is 18.2 Å². The number of carbonyl (C=O) groups excluding carboxylic acids is 1. The van der Waals surface area contributed by atoms with Gasteiger partial charge in [0.05, 0.1) is 11.8 Å². The molecule has 2 unspecified atom stereocenters. The first-order valence-corrected chi connectivity index (χ1v) is 11.2. The maximum Gasteiger partial charge on any atom is 0.244 e. The van der Waals surface area contributed by atoms with Crippen molar-refractivity contribution in [2.75, 3.05) is 36.8 Å². The molecular formula is C19H27N3O3S. The highest BCUT2D eigenvalue weighted by Gasteiger charge is 2.39. The number of anilines is 1. The fourth-order valence-corrected chi connectivity index (χ4v) is 6.35. The van der Waals surface area contributed by atoms with Gasteiger partial charge in [-0.05, 0) is 50.8 Å². The maximum atomic E-state index is 13.1. The van der Waals surface area contributed by atoms with Crippen LogP contribution in [0.3, 0.4) is 0 Å². The molecule has 7 heteroatoms. The van der Waals surface area contributed by atoms with Crippen LogP contribution in [-0.4, -0.2) is 67.5 Å². The number of nitrogens with zero attached hydrogens (tertiary/aromatic N) is 3. The van der Waals surface area contributed by atoms with Gasteiger partial charge >= 0.3 is 0 Å². The number of sulfonamides is 1. The molecule has 0 aromatic heterocycles. The number of para-hydroxylation sites is 1. The van der Waals surface area contributed by atoms with Gasteiger partial charge in [0.15, 0.2) is 0 Å². The summed E-state index contributed by atoms with van der Waals surface area (Å²) in [5, 5.41) is 0. The average Bonchev–Trinajstić information content (AvgIpc) is 3.23. The van der Waals surface area contributed by atoms with Crippen molar-refractivity contribution in [3.8, 4) is 0 Å². The second-order valence-corrected chi connectivity index (χ2v) is 9.66. The van der Waals surface area contributed by atoms with Gasteiger partial charge in [0, 0.05) is 31.4 Å². The van der Waals surface area contributed by atoms with Crippen LogP contribution in [0.5, 0.6) is 0 Å². The molecule has 26 heavy (non-hydrogen) atoms. The molecule has 3 aliphatic rings. The molecule has 1 aromatic carbocycles. The van der Waals surface area contributed by atoms with E-state index in [0.717, 1.165) is 44.5 Å². The monoisotopic (exact) mass is 377 g/mol. The van der Waals surface area contributed by atoms with Crippen LogP contribution >= 0.6 is 0 Å². The standard InChI is InChI=1S/C19H27N3O3S/c1-15(19(23)21-12-9-16-6-2-3-8-18(16)21)20-10-4-7-17(14-20)22-11-5-13-26(22,24)25/h2-3,6,8,15,17H,4-5,7,9-14H2,1H3. The highest BCUT2D eigenvalue weighted by Crippen LogP contribution is 2.30. The van der Waals surface area contributed by atoms with Gasteiger partial charge in [-0.3, -0.25) is 9.69 Å². The number of rotatable bonds is 3. The van der Waals surface area contributed by atoms with Gasteiger partial charge in [0.2, 0.25) is 15.9 Å². The predicted molar refractivity (Wildman–Crippen MR) is 102 cm³/mol. The Labute approximate surface area is 155 Å². The summed E-state index contributed by atoms with van der Waals surface area (Å²) in [7, 11) is -3.10. The number of fused-ring (bicyclic) bond motifs is 1. The third-order valence-electron chi connectivity index (χ3n) is 6.03. The second-order valence-electron chi connectivity index (χ2n) is 7.62. The van der Waals surface area contributed by atoms with E-state index in [1.165, 1.54) is 5.56 Å². The number of carbonyl (C=O) groups is 1. The van der Waals surface area contributed by atoms with Crippen LogP contribution in [0.25, 0.3) is 0 Å². The van der Waals surface area contributed by atoms with Crippen LogP contribution < -0.4 is 4.90 Å². The number of hydrogen-bond donors (Lipinski definition) is 0. The molecule has 142 valence electrons. The highest BCUT2D eigenvalue weighted by atomic mass is 32.2. The van der Waals surface area contributed by atoms with E-state index in [1.807, 2.05) is 30.0 Å². The lowest BCUT2D eigenvalue weighted by molar-refractivity contribution is -0.123. The van der Waals surface area contributed by atoms with E-state index in [9.17, 15) is 13.2 Å². The minimum Gasteiger partial charge on any atom is -0.310 e. The van der Waals surface area contributed by atoms with E-state index in [2.05, 4.69) is 11.0 Å². The molecule has 0 saturated carbocycles. The average molecular weight is 378 g/mol. The van der Waals surface area contributed by atoms with Crippen molar-refractivity contribution in [3.63, 3.8) is 0 Å². The van der Waals surface area contributed by atoms with Gasteiger partial charge in [0.1, 0.15) is 0 Å². The number of amides is 1. The summed E-state index contributed by atoms with van der Waals surface area (Å²) >= 11 is 0. The molecule has 2 fully saturated rings. The molecule has 3 heterocycles. The lowest BCUT2D eigenvalue weighted by Crippen LogP contribution is -2.55. The van der Waals surface area contributed by atoms with Gasteiger partial charge in [-0.15, -0.1) is 0 Å². The van der Waals surface area contributed by atoms with Crippen LogP contribution in [0.15, 0.2) is 24.3 Å². The molecule has 1 amide bonds. The first-order valence-electron chi connectivity index (χ1n) is 9.60. The third-order valence-corrected chi connectivity index (χ3v) is 8.03. The molecule has 0 spiro atoms. The molecule has 6 nitrogen and oxygen atoms in total. The van der Waals surface area contributed by atoms with Crippen molar-refractivity contribution in [3.05, 3.63) is 29.8 Å². The molecule has 2 atom stereocenters. The molecular weight excluding hydrogens is 350 g/mol. The molecule has 0 N–H and O–H groups in total. The Kier molecular flexibility index (Phi) is 4.79. The fourth-order valence-electron chi connectivity index (χ4n) is 4.59. The number of piperidine rings is 1. The van der Waals surface area contributed by atoms with Crippen LogP contribution in [-0.2, 0) is 21.2 Å². The molecule has 0 radical (unpaired) electrons. The number of likely N-dealkylation sites (tertiary alicyclic amines) is 1. The normalized spacial score (nSPS) is 27.4. The van der Waals surface area contributed by atoms with Gasteiger partial charge in [0.25, 0.3) is 0 Å². The molecule has 4 rings (SSSR count). The lowest BCUT2D eigenvalue weighted by Gasteiger charge is -2.40. The number of hydrogen-bond acceptors (Lipinski definition) is 4. The summed E-state index contributed by atoms with van der Waals surface area (Å²) in [6.07, 6.45) is 3.45. The smallest absolute Gasteiger partial charge is 0.244 e. The Bertz CT molecular complexity index is 795. The quantitative estimate of drug-likeness (QED) is 0.800. The van der Waals surface area contributed by atoms with Crippen molar-refractivity contribution in [2.45, 2.75) is 44.7 Å². The molecule has 0 aliphatic carbocycles. The third kappa shape index (κ3) is 3.17. The maximum absolute atomic E-state index is 13.1. The van der Waals surface area contributed by atoms with Gasteiger partial charge < -0.3 is 4.90 Å². The van der Waals surface area contributed by atoms with E-state index >= 15 is 0 Å². The minimum atomic E-state index is -3.10. The summed E-state index contributed by atoms with van der Waals surface area (Å²) in [5.74, 6) is 0.391. The van der Waals surface area contributed by atoms with E-state index < -0.39 is 10.0 Å². The van der Waals surface area contributed by atoms with E-state index in [1.54, 1.807) is 4.31 Å². The Balaban J connectivity index is 1.46. The summed E-state index contributed by atoms with van der Waals surface area (Å²) in [6.45, 7) is 4.83. The van der Waals surface area contributed by atoms with E-state index in [0.29, 0.717) is 13.1 Å². The zero-order valence-electron chi connectivity index (χ0n) is 15.3. The Morgan fingerprint density at radius 3 is 2.73 bits per heavy atom. The SMILES string of the molecule is CC(C(=O)N1CCc2ccccc21)N1CCCC(N2CCCS2(=O)=O)C1. The minimum absolute atomic E-state index is 0.0114. The zero-order chi connectivity index (χ0) is 18.3. The summed E-state index contributed by atoms with van der Waals surface area (Å²) in [5.41, 5.74) is 2.26. The zero-order valence-corrected chi connectivity index (χ0v) is 16.1. The lowest BCUT2D eigenvalue weighted by atomic mass is 10.0. The van der Waals surface area contributed by atoms with Crippen LogP contribution in [0.1, 0.15) is 31.7 Å². The largest absolute Gasteiger partial charge is 0.310 e. The van der Waals surface area contributed by atoms with Crippen molar-refractivity contribution in [1.82, 2.24) is 9.21 Å². The molecule has 3 aliphatic heterocycles. The van der Waals surface area contributed by atoms with Gasteiger partial charge in [-0.25, -0.2) is 8.42 Å². The van der Waals surface area contributed by atoms with Crippen LogP contribution in [0.2, 0.25) is 0 Å². The summed E-state index contributed by atoms with van der Waals surface area (Å²) < 4.78 is 26.2. The van der Waals surface area contributed by atoms with E-state index in [-0.39, 0.29) is 23.7 Å². The number of benzene rings is 1. The van der Waals surface area contributed by atoms with Crippen LogP contribution in [0.4, 0.5) is 5.69 Å². The summed E-state index contributed by atoms with van der Waals surface area (Å²) in [4.78, 5) is 17.2. The Morgan fingerprint density at radius 2 is 1.96 bits per heavy atom. The van der Waals surface area contributed by atoms with Crippen molar-refractivity contribution < 1.29 is 13.2 Å². The van der Waals surface area contributed by atoms with Gasteiger partial charge in [-0.2, -0.15) is 4.31 Å². The fraction of sp³-hybridized carbons (Fsp3) is 0.632. The Morgan fingerprint density at radius 1 is 1.15 bits per heavy atom. The van der Waals surface area contributed by atoms with Crippen molar-refractivity contribution in [2.24, 2.45) is 0 Å². The van der Waals surface area contributed by atoms with Crippen molar-refractivity contribution in [1.29, 1.82) is 0 Å². The molecule has 0 bridgehead atoms. The topological polar surface area (TPSA) is 60.9 Å². The Hall–Kier alpha value is -1.44. The molecule has 2 saturated heterocycles. The second kappa shape index (κ2) is 6.94.